The van der Waals surface area contributed by atoms with Gasteiger partial charge in [0.05, 0.1) is 0 Å². The molecule has 0 aliphatic rings. The molecule has 0 radical (unpaired) electrons. The van der Waals surface area contributed by atoms with Gasteiger partial charge in [-0.2, -0.15) is 0 Å². The number of carbonyl (C=O) groups is 3. The number of aromatic hydroxyl groups is 3. The van der Waals surface area contributed by atoms with Crippen LogP contribution in [0.4, 0.5) is 17.1 Å². The molecule has 0 saturated heterocycles. The van der Waals surface area contributed by atoms with Gasteiger partial charge in [0, 0.05) is 35.3 Å². The number of hydrogen-bond acceptors (Lipinski definition) is 9. The standard InChI is InChI=1S/3C7H7NO3.Ca.2H/c3*8-4-1-2-5(7(10)11)6(9)3-4;;;/h3*1-3,9H,8H2,(H,10,11);;;. The minimum atomic E-state index is -1.16. The van der Waals surface area contributed by atoms with Gasteiger partial charge in [-0.15, -0.1) is 0 Å². The molecule has 0 unspecified atom stereocenters. The number of aromatic carboxylic acids is 3. The number of nitrogen functional groups attached to an aromatic ring is 3. The van der Waals surface area contributed by atoms with Gasteiger partial charge in [0.1, 0.15) is 33.9 Å². The Hall–Kier alpha value is -3.87. The van der Waals surface area contributed by atoms with Gasteiger partial charge >= 0.3 is 55.6 Å². The summed E-state index contributed by atoms with van der Waals surface area (Å²) in [4.78, 5) is 31.0. The van der Waals surface area contributed by atoms with Crippen LogP contribution >= 0.6 is 0 Å². The van der Waals surface area contributed by atoms with Gasteiger partial charge in [-0.3, -0.25) is 0 Å². The molecule has 0 amide bonds. The fourth-order valence-electron chi connectivity index (χ4n) is 2.19. The monoisotopic (exact) mass is 501 g/mol. The molecule has 0 saturated carbocycles. The van der Waals surface area contributed by atoms with E-state index < -0.39 is 17.9 Å². The summed E-state index contributed by atoms with van der Waals surface area (Å²) >= 11 is 0. The normalized spacial score (nSPS) is 9.18. The molecule has 0 heterocycles. The molecule has 0 aliphatic carbocycles. The molecule has 34 heavy (non-hydrogen) atoms. The molecule has 13 heteroatoms. The maximum atomic E-state index is 10.3. The Kier molecular flexibility index (Phi) is 12.1. The van der Waals surface area contributed by atoms with E-state index in [2.05, 4.69) is 0 Å². The Morgan fingerprint density at radius 1 is 0.500 bits per heavy atom. The van der Waals surface area contributed by atoms with Crippen molar-refractivity contribution in [1.82, 2.24) is 0 Å². The third-order valence-electron chi connectivity index (χ3n) is 3.76. The first-order valence-electron chi connectivity index (χ1n) is 8.78. The van der Waals surface area contributed by atoms with Crippen molar-refractivity contribution in [2.45, 2.75) is 0 Å². The molecule has 3 aromatic carbocycles. The SMILES string of the molecule is Nc1ccc(C(=O)O)c(O)c1.Nc1ccc(C(=O)O)c(O)c1.Nc1ccc(C(=O)O)c(O)c1.[CaH2]. The molecule has 0 fully saturated rings. The Morgan fingerprint density at radius 2 is 0.706 bits per heavy atom. The summed E-state index contributed by atoms with van der Waals surface area (Å²) in [7, 11) is 0. The molecule has 0 aromatic heterocycles. The second-order valence-corrected chi connectivity index (χ2v) is 6.25. The van der Waals surface area contributed by atoms with Crippen molar-refractivity contribution in [3.8, 4) is 17.2 Å². The average molecular weight is 502 g/mol. The first kappa shape index (κ1) is 30.1. The number of rotatable bonds is 3. The first-order chi connectivity index (χ1) is 15.3. The molecule has 178 valence electrons. The molecule has 3 aromatic rings. The van der Waals surface area contributed by atoms with Gasteiger partial charge in [0.15, 0.2) is 0 Å². The van der Waals surface area contributed by atoms with E-state index in [4.69, 9.17) is 47.8 Å². The molecule has 0 atom stereocenters. The summed E-state index contributed by atoms with van der Waals surface area (Å²) in [5.74, 6) is -4.42. The van der Waals surface area contributed by atoms with E-state index in [9.17, 15) is 14.4 Å². The van der Waals surface area contributed by atoms with Crippen molar-refractivity contribution in [2.24, 2.45) is 0 Å². The Labute approximate surface area is 222 Å². The molecular formula is C21H23CaN3O9. The van der Waals surface area contributed by atoms with E-state index in [0.717, 1.165) is 0 Å². The molecule has 0 aliphatic heterocycles. The predicted octanol–water partition coefficient (Wildman–Crippen LogP) is 1.10. The number of nitrogens with two attached hydrogens (primary N) is 3. The van der Waals surface area contributed by atoms with Gasteiger partial charge in [-0.05, 0) is 36.4 Å². The topological polar surface area (TPSA) is 251 Å². The van der Waals surface area contributed by atoms with Crippen LogP contribution in [0, 0.1) is 0 Å². The van der Waals surface area contributed by atoms with Crippen molar-refractivity contribution in [3.63, 3.8) is 0 Å². The van der Waals surface area contributed by atoms with E-state index in [1.807, 2.05) is 0 Å². The van der Waals surface area contributed by atoms with E-state index in [-0.39, 0.29) is 71.7 Å². The third kappa shape index (κ3) is 9.32. The van der Waals surface area contributed by atoms with Crippen molar-refractivity contribution in [3.05, 3.63) is 71.3 Å². The number of anilines is 3. The average Bonchev–Trinajstić information content (AvgIpc) is 2.68. The van der Waals surface area contributed by atoms with Crippen LogP contribution in [0.3, 0.4) is 0 Å². The van der Waals surface area contributed by atoms with Crippen LogP contribution in [-0.2, 0) is 0 Å². The number of carboxylic acids is 3. The van der Waals surface area contributed by atoms with Gasteiger partial charge in [-0.1, -0.05) is 0 Å². The van der Waals surface area contributed by atoms with Crippen molar-refractivity contribution < 1.29 is 45.0 Å². The van der Waals surface area contributed by atoms with Crippen LogP contribution in [0.2, 0.25) is 0 Å². The maximum absolute atomic E-state index is 10.3. The first-order valence-corrected chi connectivity index (χ1v) is 8.78. The van der Waals surface area contributed by atoms with Crippen LogP contribution in [0.1, 0.15) is 31.1 Å². The Balaban J connectivity index is 0.000000473. The molecule has 12 nitrogen and oxygen atoms in total. The Bertz CT molecular complexity index is 1040. The molecule has 12 N–H and O–H groups in total. The van der Waals surface area contributed by atoms with Gasteiger partial charge in [-0.25, -0.2) is 14.4 Å². The fraction of sp³-hybridized carbons (Fsp3) is 0. The van der Waals surface area contributed by atoms with Gasteiger partial charge < -0.3 is 47.8 Å². The van der Waals surface area contributed by atoms with Crippen molar-refractivity contribution in [1.29, 1.82) is 0 Å². The zero-order valence-corrected chi connectivity index (χ0v) is 16.8. The van der Waals surface area contributed by atoms with E-state index in [0.29, 0.717) is 17.1 Å². The van der Waals surface area contributed by atoms with Crippen LogP contribution in [0.15, 0.2) is 54.6 Å². The minimum absolute atomic E-state index is 0. The van der Waals surface area contributed by atoms with E-state index in [1.165, 1.54) is 54.6 Å². The zero-order valence-electron chi connectivity index (χ0n) is 16.8. The van der Waals surface area contributed by atoms with Crippen molar-refractivity contribution in [2.75, 3.05) is 17.2 Å². The molecule has 0 spiro atoms. The zero-order chi connectivity index (χ0) is 25.3. The number of carboxylic acid groups (broad SMARTS) is 3. The summed E-state index contributed by atoms with van der Waals surface area (Å²) in [5.41, 5.74) is 16.4. The van der Waals surface area contributed by atoms with E-state index in [1.54, 1.807) is 0 Å². The molecule has 3 rings (SSSR count). The van der Waals surface area contributed by atoms with Crippen molar-refractivity contribution >= 4 is 72.7 Å². The van der Waals surface area contributed by atoms with Crippen LogP contribution in [-0.4, -0.2) is 86.3 Å². The predicted molar refractivity (Wildman–Crippen MR) is 127 cm³/mol. The number of benzene rings is 3. The van der Waals surface area contributed by atoms with Crippen LogP contribution < -0.4 is 17.2 Å². The fourth-order valence-corrected chi connectivity index (χ4v) is 2.19. The molecule has 0 bridgehead atoms. The second-order valence-electron chi connectivity index (χ2n) is 6.25. The van der Waals surface area contributed by atoms with Crippen LogP contribution in [0.5, 0.6) is 17.2 Å². The molecular weight excluding hydrogens is 478 g/mol. The summed E-state index contributed by atoms with van der Waals surface area (Å²) < 4.78 is 0. The quantitative estimate of drug-likeness (QED) is 0.181. The van der Waals surface area contributed by atoms with Gasteiger partial charge in [0.25, 0.3) is 0 Å². The van der Waals surface area contributed by atoms with E-state index >= 15 is 0 Å². The summed E-state index contributed by atoms with van der Waals surface area (Å²) in [6, 6.07) is 11.6. The van der Waals surface area contributed by atoms with Crippen LogP contribution in [0.25, 0.3) is 0 Å². The van der Waals surface area contributed by atoms with Gasteiger partial charge in [0.2, 0.25) is 0 Å². The second kappa shape index (κ2) is 13.6. The third-order valence-corrected chi connectivity index (χ3v) is 3.76. The summed E-state index contributed by atoms with van der Waals surface area (Å²) in [5, 5.41) is 52.4. The summed E-state index contributed by atoms with van der Waals surface area (Å²) in [6.45, 7) is 0. The number of hydrogen-bond donors (Lipinski definition) is 9. The Morgan fingerprint density at radius 3 is 0.853 bits per heavy atom. The number of phenols is 3. The summed E-state index contributed by atoms with van der Waals surface area (Å²) in [6.07, 6.45) is 0.